The largest absolute Gasteiger partial charge is 0.135 e. The molecular formula is C32H32S. The van der Waals surface area contributed by atoms with E-state index in [1.165, 1.54) is 53.6 Å². The molecule has 0 amide bonds. The lowest BCUT2D eigenvalue weighted by atomic mass is 9.76. The summed E-state index contributed by atoms with van der Waals surface area (Å²) in [6.45, 7) is 13.8. The van der Waals surface area contributed by atoms with Gasteiger partial charge < -0.3 is 0 Å². The Labute approximate surface area is 201 Å². The van der Waals surface area contributed by atoms with Crippen LogP contribution in [0.2, 0.25) is 0 Å². The van der Waals surface area contributed by atoms with Crippen molar-refractivity contribution in [2.75, 3.05) is 0 Å². The maximum atomic E-state index is 2.34. The Morgan fingerprint density at radius 3 is 1.82 bits per heavy atom. The maximum absolute atomic E-state index is 2.34. The van der Waals surface area contributed by atoms with Crippen molar-refractivity contribution in [1.82, 2.24) is 0 Å². The summed E-state index contributed by atoms with van der Waals surface area (Å²) in [5.74, 6) is 0. The smallest absolute Gasteiger partial charge is 0.0361 e. The van der Waals surface area contributed by atoms with Crippen LogP contribution in [0.5, 0.6) is 0 Å². The zero-order chi connectivity index (χ0) is 23.4. The topological polar surface area (TPSA) is 0 Å². The number of benzene rings is 4. The van der Waals surface area contributed by atoms with Gasteiger partial charge in [-0.1, -0.05) is 114 Å². The molecule has 0 saturated carbocycles. The predicted octanol–water partition coefficient (Wildman–Crippen LogP) is 9.98. The molecule has 0 N–H and O–H groups in total. The summed E-state index contributed by atoms with van der Waals surface area (Å²) < 4.78 is 2.71. The molecule has 0 bridgehead atoms. The molecule has 0 fully saturated rings. The fourth-order valence-electron chi connectivity index (χ4n) is 4.97. The number of hydrogen-bond acceptors (Lipinski definition) is 1. The third kappa shape index (κ3) is 3.89. The van der Waals surface area contributed by atoms with Crippen molar-refractivity contribution in [2.45, 2.75) is 52.4 Å². The number of thiophene rings is 1. The Morgan fingerprint density at radius 2 is 1.12 bits per heavy atom. The highest BCUT2D eigenvalue weighted by Crippen LogP contribution is 2.45. The summed E-state index contributed by atoms with van der Waals surface area (Å²) in [4.78, 5) is 0. The first-order chi connectivity index (χ1) is 15.6. The van der Waals surface area contributed by atoms with Crippen molar-refractivity contribution in [1.29, 1.82) is 0 Å². The summed E-state index contributed by atoms with van der Waals surface area (Å²) in [5.41, 5.74) is 8.24. The van der Waals surface area contributed by atoms with Crippen LogP contribution in [0.25, 0.3) is 42.4 Å². The minimum atomic E-state index is 0.00259. The number of hydrogen-bond donors (Lipinski definition) is 0. The Morgan fingerprint density at radius 1 is 0.515 bits per heavy atom. The van der Waals surface area contributed by atoms with Crippen LogP contribution >= 0.6 is 11.3 Å². The molecule has 1 heterocycles. The highest BCUT2D eigenvalue weighted by atomic mass is 32.1. The first kappa shape index (κ1) is 21.9. The Kier molecular flexibility index (Phi) is 5.21. The molecule has 0 aliphatic rings. The Balaban J connectivity index is 1.79. The van der Waals surface area contributed by atoms with E-state index in [1.54, 1.807) is 0 Å². The molecule has 0 radical (unpaired) electrons. The lowest BCUT2D eigenvalue weighted by Gasteiger charge is -2.28. The fraction of sp³-hybridized carbons (Fsp3) is 0.250. The van der Waals surface area contributed by atoms with Gasteiger partial charge >= 0.3 is 0 Å². The van der Waals surface area contributed by atoms with E-state index in [2.05, 4.69) is 126 Å². The Hall–Kier alpha value is -2.90. The van der Waals surface area contributed by atoms with Crippen molar-refractivity contribution in [3.63, 3.8) is 0 Å². The van der Waals surface area contributed by atoms with Crippen LogP contribution in [0.15, 0.2) is 84.9 Å². The quantitative estimate of drug-likeness (QED) is 0.252. The minimum Gasteiger partial charge on any atom is -0.135 e. The van der Waals surface area contributed by atoms with E-state index in [4.69, 9.17) is 0 Å². The lowest BCUT2D eigenvalue weighted by molar-refractivity contribution is 0.589. The van der Waals surface area contributed by atoms with Gasteiger partial charge in [-0.25, -0.2) is 0 Å². The molecule has 0 unspecified atom stereocenters. The van der Waals surface area contributed by atoms with Gasteiger partial charge in [0, 0.05) is 20.2 Å². The molecule has 0 aliphatic carbocycles. The zero-order valence-corrected chi connectivity index (χ0v) is 21.3. The van der Waals surface area contributed by atoms with Crippen LogP contribution in [0.1, 0.15) is 52.7 Å². The molecule has 0 nitrogen and oxygen atoms in total. The third-order valence-electron chi connectivity index (χ3n) is 6.57. The lowest BCUT2D eigenvalue weighted by Crippen LogP contribution is -2.15. The Bertz CT molecular complexity index is 1450. The van der Waals surface area contributed by atoms with Gasteiger partial charge in [0.2, 0.25) is 0 Å². The van der Waals surface area contributed by atoms with Gasteiger partial charge in [0.1, 0.15) is 0 Å². The molecule has 0 atom stereocenters. The van der Waals surface area contributed by atoms with E-state index in [1.807, 2.05) is 11.3 Å². The van der Waals surface area contributed by atoms with Gasteiger partial charge in [-0.05, 0) is 56.3 Å². The third-order valence-corrected chi connectivity index (χ3v) is 7.71. The molecule has 166 valence electrons. The molecule has 1 heteroatoms. The van der Waals surface area contributed by atoms with E-state index in [-0.39, 0.29) is 10.8 Å². The molecule has 4 aromatic carbocycles. The summed E-state index contributed by atoms with van der Waals surface area (Å²) in [6, 6.07) is 31.6. The van der Waals surface area contributed by atoms with E-state index < -0.39 is 0 Å². The van der Waals surface area contributed by atoms with Crippen molar-refractivity contribution < 1.29 is 0 Å². The molecule has 1 aromatic heterocycles. The first-order valence-electron chi connectivity index (χ1n) is 11.8. The van der Waals surface area contributed by atoms with Gasteiger partial charge in [-0.15, -0.1) is 11.3 Å². The summed E-state index contributed by atoms with van der Waals surface area (Å²) >= 11 is 1.89. The van der Waals surface area contributed by atoms with Gasteiger partial charge in [-0.2, -0.15) is 0 Å². The average molecular weight is 449 g/mol. The average Bonchev–Trinajstić information content (AvgIpc) is 3.16. The van der Waals surface area contributed by atoms with Gasteiger partial charge in [-0.3, -0.25) is 0 Å². The van der Waals surface area contributed by atoms with Crippen molar-refractivity contribution >= 4 is 31.5 Å². The molecule has 0 spiro atoms. The maximum Gasteiger partial charge on any atom is 0.0361 e. The van der Waals surface area contributed by atoms with E-state index >= 15 is 0 Å². The highest BCUT2D eigenvalue weighted by molar-refractivity contribution is 7.25. The van der Waals surface area contributed by atoms with Crippen LogP contribution in [-0.4, -0.2) is 0 Å². The summed E-state index contributed by atoms with van der Waals surface area (Å²) in [6.07, 6.45) is 0. The molecule has 5 aromatic rings. The van der Waals surface area contributed by atoms with Gasteiger partial charge in [0.15, 0.2) is 0 Å². The molecule has 0 aliphatic heterocycles. The molecular weight excluding hydrogens is 416 g/mol. The molecule has 0 saturated heterocycles. The van der Waals surface area contributed by atoms with Crippen LogP contribution in [-0.2, 0) is 10.8 Å². The SMILES string of the molecule is CC(C)(C)c1ccc(-c2cccc(-c3cccc4sc5ccccc5c34)c2C(C)(C)C)cc1. The highest BCUT2D eigenvalue weighted by Gasteiger charge is 2.25. The predicted molar refractivity (Wildman–Crippen MR) is 148 cm³/mol. The normalized spacial score (nSPS) is 12.5. The molecule has 33 heavy (non-hydrogen) atoms. The second-order valence-corrected chi connectivity index (χ2v) is 12.2. The number of fused-ring (bicyclic) bond motifs is 3. The first-order valence-corrected chi connectivity index (χ1v) is 12.6. The minimum absolute atomic E-state index is 0.00259. The van der Waals surface area contributed by atoms with Crippen LogP contribution in [0.4, 0.5) is 0 Å². The van der Waals surface area contributed by atoms with Crippen molar-refractivity contribution in [3.05, 3.63) is 96.1 Å². The van der Waals surface area contributed by atoms with Crippen LogP contribution < -0.4 is 0 Å². The van der Waals surface area contributed by atoms with E-state index in [9.17, 15) is 0 Å². The molecule has 5 rings (SSSR count). The second kappa shape index (κ2) is 7.85. The standard InChI is InChI=1S/C32H32S/c1-31(2,3)22-19-17-21(18-20-22)23-12-9-14-25(30(23)32(4,5)6)24-13-10-16-28-29(24)26-11-7-8-15-27(26)33-28/h7-20H,1-6H3. The monoisotopic (exact) mass is 448 g/mol. The second-order valence-electron chi connectivity index (χ2n) is 11.1. The summed E-state index contributed by atoms with van der Waals surface area (Å²) in [5, 5.41) is 2.73. The van der Waals surface area contributed by atoms with E-state index in [0.717, 1.165) is 0 Å². The number of rotatable bonds is 2. The van der Waals surface area contributed by atoms with Crippen LogP contribution in [0, 0.1) is 0 Å². The van der Waals surface area contributed by atoms with Crippen molar-refractivity contribution in [3.8, 4) is 22.3 Å². The fourth-order valence-corrected chi connectivity index (χ4v) is 6.11. The van der Waals surface area contributed by atoms with Crippen LogP contribution in [0.3, 0.4) is 0 Å². The van der Waals surface area contributed by atoms with Crippen molar-refractivity contribution in [2.24, 2.45) is 0 Å². The summed E-state index contributed by atoms with van der Waals surface area (Å²) in [7, 11) is 0. The zero-order valence-electron chi connectivity index (χ0n) is 20.5. The van der Waals surface area contributed by atoms with E-state index in [0.29, 0.717) is 0 Å². The van der Waals surface area contributed by atoms with Gasteiger partial charge in [0.05, 0.1) is 0 Å². The van der Waals surface area contributed by atoms with Gasteiger partial charge in [0.25, 0.3) is 0 Å².